The van der Waals surface area contributed by atoms with Crippen LogP contribution < -0.4 is 0 Å². The van der Waals surface area contributed by atoms with Gasteiger partial charge >= 0.3 is 0 Å². The zero-order chi connectivity index (χ0) is 12.2. The van der Waals surface area contributed by atoms with E-state index in [1.807, 2.05) is 13.2 Å². The number of nitrogens with one attached hydrogen (secondary N) is 1. The first kappa shape index (κ1) is 13.5. The molecule has 7 heteroatoms. The second-order valence-electron chi connectivity index (χ2n) is 3.46. The fourth-order valence-corrected chi connectivity index (χ4v) is 3.68. The van der Waals surface area contributed by atoms with Crippen molar-refractivity contribution in [3.8, 4) is 0 Å². The van der Waals surface area contributed by atoms with Gasteiger partial charge in [0.25, 0.3) is 10.0 Å². The molecule has 92 valence electrons. The number of thioether (sulfide) groups is 1. The van der Waals surface area contributed by atoms with E-state index in [1.54, 1.807) is 18.8 Å². The molecule has 0 spiro atoms. The summed E-state index contributed by atoms with van der Waals surface area (Å²) < 4.78 is 25.6. The number of rotatable bonds is 6. The predicted molar refractivity (Wildman–Crippen MR) is 66.0 cm³/mol. The van der Waals surface area contributed by atoms with Crippen LogP contribution in [0, 0.1) is 0 Å². The van der Waals surface area contributed by atoms with E-state index in [4.69, 9.17) is 0 Å². The lowest BCUT2D eigenvalue weighted by molar-refractivity contribution is 0.384. The van der Waals surface area contributed by atoms with E-state index in [1.165, 1.54) is 16.6 Å². The van der Waals surface area contributed by atoms with Gasteiger partial charge in [-0.25, -0.2) is 8.42 Å². The molecule has 0 aromatic carbocycles. The van der Waals surface area contributed by atoms with Crippen LogP contribution in [0.2, 0.25) is 0 Å². The van der Waals surface area contributed by atoms with Crippen molar-refractivity contribution in [2.75, 3.05) is 19.1 Å². The second-order valence-corrected chi connectivity index (χ2v) is 6.34. The SMILES string of the molecule is CCC(CSC)N(C)S(=O)(=O)c1ccn[nH]1. The van der Waals surface area contributed by atoms with E-state index in [0.29, 0.717) is 0 Å². The standard InChI is InChI=1S/C9H17N3O2S2/c1-4-8(7-15-3)12(2)16(13,14)9-5-6-10-11-9/h5-6,8H,4,7H2,1-3H3,(H,10,11). The maximum absolute atomic E-state index is 12.1. The molecule has 0 bridgehead atoms. The Kier molecular flexibility index (Phi) is 4.82. The number of aromatic amines is 1. The van der Waals surface area contributed by atoms with Crippen molar-refractivity contribution in [2.24, 2.45) is 0 Å². The normalized spacial score (nSPS) is 14.2. The second kappa shape index (κ2) is 5.70. The van der Waals surface area contributed by atoms with E-state index >= 15 is 0 Å². The summed E-state index contributed by atoms with van der Waals surface area (Å²) in [6.07, 6.45) is 4.21. The third-order valence-corrected chi connectivity index (χ3v) is 5.03. The van der Waals surface area contributed by atoms with Gasteiger partial charge < -0.3 is 0 Å². The Morgan fingerprint density at radius 2 is 2.31 bits per heavy atom. The lowest BCUT2D eigenvalue weighted by Gasteiger charge is -2.25. The van der Waals surface area contributed by atoms with Crippen molar-refractivity contribution >= 4 is 21.8 Å². The minimum atomic E-state index is -3.43. The molecular formula is C9H17N3O2S2. The van der Waals surface area contributed by atoms with Crippen molar-refractivity contribution in [3.63, 3.8) is 0 Å². The van der Waals surface area contributed by atoms with Crippen LogP contribution in [-0.4, -0.2) is 48.0 Å². The zero-order valence-corrected chi connectivity index (χ0v) is 11.3. The van der Waals surface area contributed by atoms with Crippen molar-refractivity contribution in [3.05, 3.63) is 12.3 Å². The van der Waals surface area contributed by atoms with Crippen LogP contribution in [0.5, 0.6) is 0 Å². The largest absolute Gasteiger partial charge is 0.266 e. The van der Waals surface area contributed by atoms with Gasteiger partial charge in [-0.2, -0.15) is 21.2 Å². The maximum Gasteiger partial charge on any atom is 0.259 e. The molecule has 0 amide bonds. The Hall–Kier alpha value is -0.530. The average molecular weight is 263 g/mol. The van der Waals surface area contributed by atoms with Gasteiger partial charge in [-0.3, -0.25) is 5.10 Å². The molecular weight excluding hydrogens is 246 g/mol. The monoisotopic (exact) mass is 263 g/mol. The summed E-state index contributed by atoms with van der Waals surface area (Å²) >= 11 is 1.64. The molecule has 1 atom stereocenters. The van der Waals surface area contributed by atoms with Gasteiger partial charge in [0, 0.05) is 18.8 Å². The Morgan fingerprint density at radius 3 is 2.75 bits per heavy atom. The van der Waals surface area contributed by atoms with Crippen molar-refractivity contribution < 1.29 is 8.42 Å². The van der Waals surface area contributed by atoms with E-state index in [0.717, 1.165) is 12.2 Å². The predicted octanol–water partition coefficient (Wildman–Crippen LogP) is 1.17. The van der Waals surface area contributed by atoms with Gasteiger partial charge in [-0.05, 0) is 18.7 Å². The minimum absolute atomic E-state index is 0.0169. The van der Waals surface area contributed by atoms with Crippen molar-refractivity contribution in [1.82, 2.24) is 14.5 Å². The molecule has 0 fully saturated rings. The maximum atomic E-state index is 12.1. The van der Waals surface area contributed by atoms with Crippen LogP contribution in [0.15, 0.2) is 17.3 Å². The molecule has 16 heavy (non-hydrogen) atoms. The third kappa shape index (κ3) is 2.78. The highest BCUT2D eigenvalue weighted by atomic mass is 32.2. The Morgan fingerprint density at radius 1 is 1.62 bits per heavy atom. The zero-order valence-electron chi connectivity index (χ0n) is 9.67. The molecule has 0 aliphatic carbocycles. The summed E-state index contributed by atoms with van der Waals surface area (Å²) in [5, 5.41) is 6.31. The number of aromatic nitrogens is 2. The van der Waals surface area contributed by atoms with E-state index in [-0.39, 0.29) is 11.1 Å². The van der Waals surface area contributed by atoms with E-state index < -0.39 is 10.0 Å². The summed E-state index contributed by atoms with van der Waals surface area (Å²) in [5.74, 6) is 0.792. The highest BCUT2D eigenvalue weighted by Gasteiger charge is 2.27. The molecule has 5 nitrogen and oxygen atoms in total. The molecule has 1 heterocycles. The molecule has 1 rings (SSSR count). The van der Waals surface area contributed by atoms with Gasteiger partial charge in [-0.1, -0.05) is 6.92 Å². The number of H-pyrrole nitrogens is 1. The minimum Gasteiger partial charge on any atom is -0.266 e. The fraction of sp³-hybridized carbons (Fsp3) is 0.667. The van der Waals surface area contributed by atoms with Crippen LogP contribution >= 0.6 is 11.8 Å². The lowest BCUT2D eigenvalue weighted by atomic mass is 10.3. The van der Waals surface area contributed by atoms with Crippen molar-refractivity contribution in [1.29, 1.82) is 0 Å². The van der Waals surface area contributed by atoms with Crippen LogP contribution in [0.25, 0.3) is 0 Å². The first-order valence-corrected chi connectivity index (χ1v) is 7.83. The third-order valence-electron chi connectivity index (χ3n) is 2.48. The topological polar surface area (TPSA) is 66.1 Å². The summed E-state index contributed by atoms with van der Waals surface area (Å²) in [7, 11) is -1.82. The number of sulfonamides is 1. The molecule has 0 radical (unpaired) electrons. The molecule has 1 aromatic rings. The fourth-order valence-electron chi connectivity index (χ4n) is 1.41. The highest BCUT2D eigenvalue weighted by molar-refractivity contribution is 7.98. The molecule has 1 N–H and O–H groups in total. The van der Waals surface area contributed by atoms with Gasteiger partial charge in [0.1, 0.15) is 0 Å². The summed E-state index contributed by atoms with van der Waals surface area (Å²) in [4.78, 5) is 0. The molecule has 1 aromatic heterocycles. The number of hydrogen-bond donors (Lipinski definition) is 1. The number of hydrogen-bond acceptors (Lipinski definition) is 4. The summed E-state index contributed by atoms with van der Waals surface area (Å²) in [6.45, 7) is 1.99. The van der Waals surface area contributed by atoms with Crippen LogP contribution in [0.3, 0.4) is 0 Å². The first-order valence-electron chi connectivity index (χ1n) is 5.00. The van der Waals surface area contributed by atoms with E-state index in [2.05, 4.69) is 10.2 Å². The Labute approximate surface area is 101 Å². The number of nitrogens with zero attached hydrogens (tertiary/aromatic N) is 2. The highest BCUT2D eigenvalue weighted by Crippen LogP contribution is 2.17. The smallest absolute Gasteiger partial charge is 0.259 e. The summed E-state index contributed by atoms with van der Waals surface area (Å²) in [5.41, 5.74) is 0. The molecule has 0 saturated carbocycles. The average Bonchev–Trinajstić information content (AvgIpc) is 2.78. The first-order chi connectivity index (χ1) is 7.54. The van der Waals surface area contributed by atoms with Gasteiger partial charge in [0.2, 0.25) is 0 Å². The van der Waals surface area contributed by atoms with Gasteiger partial charge in [0.15, 0.2) is 5.03 Å². The van der Waals surface area contributed by atoms with Gasteiger partial charge in [0.05, 0.1) is 6.20 Å². The molecule has 1 unspecified atom stereocenters. The van der Waals surface area contributed by atoms with E-state index in [9.17, 15) is 8.42 Å². The molecule has 0 aliphatic rings. The molecule has 0 saturated heterocycles. The Balaban J connectivity index is 2.91. The van der Waals surface area contributed by atoms with Gasteiger partial charge in [-0.15, -0.1) is 0 Å². The molecule has 0 aliphatic heterocycles. The summed E-state index contributed by atoms with van der Waals surface area (Å²) in [6, 6.07) is 1.49. The lowest BCUT2D eigenvalue weighted by Crippen LogP contribution is -2.38. The van der Waals surface area contributed by atoms with Crippen molar-refractivity contribution in [2.45, 2.75) is 24.4 Å². The van der Waals surface area contributed by atoms with Crippen LogP contribution in [0.4, 0.5) is 0 Å². The van der Waals surface area contributed by atoms with Crippen LogP contribution in [-0.2, 0) is 10.0 Å². The quantitative estimate of drug-likeness (QED) is 0.836. The Bertz CT molecular complexity index is 402. The van der Waals surface area contributed by atoms with Crippen LogP contribution in [0.1, 0.15) is 13.3 Å².